The van der Waals surface area contributed by atoms with Crippen LogP contribution in [-0.2, 0) is 24.0 Å². The van der Waals surface area contributed by atoms with Crippen LogP contribution in [0.15, 0.2) is 11.1 Å². The summed E-state index contributed by atoms with van der Waals surface area (Å²) in [6.07, 6.45) is -1.11. The summed E-state index contributed by atoms with van der Waals surface area (Å²) >= 11 is 0. The average Bonchev–Trinajstić information content (AvgIpc) is 2.92. The van der Waals surface area contributed by atoms with Crippen LogP contribution in [0.25, 0.3) is 0 Å². The molecule has 0 amide bonds. The first-order valence-corrected chi connectivity index (χ1v) is 8.28. The van der Waals surface area contributed by atoms with Gasteiger partial charge in [0.05, 0.1) is 17.4 Å². The molecule has 0 radical (unpaired) electrons. The average molecular weight is 340 g/mol. The number of carbonyl (C=O) groups excluding carboxylic acids is 2. The fourth-order valence-corrected chi connectivity index (χ4v) is 4.65. The van der Waals surface area contributed by atoms with E-state index < -0.39 is 35.8 Å². The van der Waals surface area contributed by atoms with Gasteiger partial charge in [0.15, 0.2) is 0 Å². The van der Waals surface area contributed by atoms with Crippen molar-refractivity contribution in [1.82, 2.24) is 0 Å². The molecule has 2 N–H and O–H groups in total. The second kappa shape index (κ2) is 5.82. The van der Waals surface area contributed by atoms with Gasteiger partial charge in [-0.15, -0.1) is 0 Å². The molecule has 0 bridgehead atoms. The van der Waals surface area contributed by atoms with Crippen LogP contribution in [0.1, 0.15) is 40.5 Å². The summed E-state index contributed by atoms with van der Waals surface area (Å²) in [5.41, 5.74) is 0.389. The first-order valence-electron chi connectivity index (χ1n) is 8.28. The molecule has 7 nitrogen and oxygen atoms in total. The molecule has 0 aromatic carbocycles. The van der Waals surface area contributed by atoms with Crippen LogP contribution in [0, 0.1) is 17.8 Å². The number of fused-ring (bicyclic) bond motifs is 3. The van der Waals surface area contributed by atoms with Crippen LogP contribution < -0.4 is 0 Å². The highest BCUT2D eigenvalue weighted by molar-refractivity contribution is 5.76. The van der Waals surface area contributed by atoms with Crippen LogP contribution in [0.4, 0.5) is 0 Å². The summed E-state index contributed by atoms with van der Waals surface area (Å²) in [7, 11) is 0. The highest BCUT2D eigenvalue weighted by Gasteiger charge is 2.59. The molecule has 7 unspecified atom stereocenters. The second-order valence-electron chi connectivity index (χ2n) is 7.45. The van der Waals surface area contributed by atoms with E-state index in [2.05, 4.69) is 4.89 Å². The fourth-order valence-electron chi connectivity index (χ4n) is 4.65. The normalized spacial score (nSPS) is 44.7. The maximum Gasteiger partial charge on any atom is 0.309 e. The van der Waals surface area contributed by atoms with E-state index in [4.69, 9.17) is 14.7 Å². The quantitative estimate of drug-likeness (QED) is 0.339. The Kier molecular flexibility index (Phi) is 4.22. The Balaban J connectivity index is 2.10. The largest absolute Gasteiger partial charge is 0.462 e. The molecule has 7 atom stereocenters. The van der Waals surface area contributed by atoms with Crippen molar-refractivity contribution in [1.29, 1.82) is 0 Å². The highest BCUT2D eigenvalue weighted by Crippen LogP contribution is 2.52. The Hall–Kier alpha value is -1.44. The van der Waals surface area contributed by atoms with Gasteiger partial charge >= 0.3 is 11.9 Å². The lowest BCUT2D eigenvalue weighted by atomic mass is 9.81. The Morgan fingerprint density at radius 3 is 2.67 bits per heavy atom. The third kappa shape index (κ3) is 2.55. The number of rotatable bonds is 2. The van der Waals surface area contributed by atoms with Crippen molar-refractivity contribution in [2.24, 2.45) is 17.8 Å². The lowest BCUT2D eigenvalue weighted by Crippen LogP contribution is -2.40. The molecule has 134 valence electrons. The molecule has 0 spiro atoms. The van der Waals surface area contributed by atoms with Crippen LogP contribution in [-0.4, -0.2) is 46.2 Å². The van der Waals surface area contributed by atoms with Gasteiger partial charge in [-0.2, -0.15) is 0 Å². The van der Waals surface area contributed by atoms with E-state index in [0.29, 0.717) is 6.42 Å². The predicted octanol–water partition coefficient (Wildman–Crippen LogP) is 1.45. The molecular weight excluding hydrogens is 316 g/mol. The number of esters is 2. The van der Waals surface area contributed by atoms with Crippen molar-refractivity contribution >= 4 is 11.9 Å². The smallest absolute Gasteiger partial charge is 0.309 e. The predicted molar refractivity (Wildman–Crippen MR) is 81.6 cm³/mol. The third-order valence-corrected chi connectivity index (χ3v) is 5.85. The van der Waals surface area contributed by atoms with Crippen molar-refractivity contribution in [3.05, 3.63) is 11.1 Å². The summed E-state index contributed by atoms with van der Waals surface area (Å²) in [5.74, 6) is -1.92. The number of ether oxygens (including phenoxy) is 2. The van der Waals surface area contributed by atoms with Crippen molar-refractivity contribution < 1.29 is 34.3 Å². The van der Waals surface area contributed by atoms with E-state index in [1.807, 2.05) is 6.92 Å². The van der Waals surface area contributed by atoms with Crippen LogP contribution >= 0.6 is 0 Å². The molecule has 1 saturated heterocycles. The van der Waals surface area contributed by atoms with E-state index in [9.17, 15) is 14.7 Å². The van der Waals surface area contributed by atoms with E-state index in [0.717, 1.165) is 11.1 Å². The first kappa shape index (κ1) is 17.4. The van der Waals surface area contributed by atoms with Gasteiger partial charge in [0, 0.05) is 19.3 Å². The molecule has 3 aliphatic rings. The van der Waals surface area contributed by atoms with Gasteiger partial charge in [0.2, 0.25) is 0 Å². The molecule has 24 heavy (non-hydrogen) atoms. The molecule has 0 aromatic rings. The molecule has 3 rings (SSSR count). The summed E-state index contributed by atoms with van der Waals surface area (Å²) in [6, 6.07) is 0. The molecule has 2 aliphatic carbocycles. The molecule has 1 heterocycles. The number of carbonyl (C=O) groups is 2. The van der Waals surface area contributed by atoms with Gasteiger partial charge in [-0.3, -0.25) is 14.8 Å². The fraction of sp³-hybridized carbons (Fsp3) is 0.765. The van der Waals surface area contributed by atoms with Gasteiger partial charge in [0.25, 0.3) is 0 Å². The summed E-state index contributed by atoms with van der Waals surface area (Å²) in [4.78, 5) is 28.2. The number of hydrogen-bond donors (Lipinski definition) is 2. The van der Waals surface area contributed by atoms with Crippen molar-refractivity contribution in [2.75, 3.05) is 0 Å². The topological polar surface area (TPSA) is 102 Å². The van der Waals surface area contributed by atoms with Gasteiger partial charge in [-0.1, -0.05) is 6.92 Å². The van der Waals surface area contributed by atoms with Crippen molar-refractivity contribution in [2.45, 2.75) is 64.4 Å². The van der Waals surface area contributed by atoms with Crippen molar-refractivity contribution in [3.8, 4) is 0 Å². The number of hydrogen-bond acceptors (Lipinski definition) is 7. The van der Waals surface area contributed by atoms with Crippen molar-refractivity contribution in [3.63, 3.8) is 0 Å². The minimum Gasteiger partial charge on any atom is -0.462 e. The van der Waals surface area contributed by atoms with Gasteiger partial charge in [-0.25, -0.2) is 4.89 Å². The SMILES string of the molecule is CC(=O)OC1CC(C)(O)C2CC(OO)C(C)=C2C2OC(=O)C(C)C12. The Morgan fingerprint density at radius 2 is 2.08 bits per heavy atom. The lowest BCUT2D eigenvalue weighted by molar-refractivity contribution is -0.270. The number of aliphatic hydroxyl groups is 1. The molecule has 1 saturated carbocycles. The van der Waals surface area contributed by atoms with E-state index in [1.165, 1.54) is 6.92 Å². The summed E-state index contributed by atoms with van der Waals surface area (Å²) in [5, 5.41) is 20.2. The zero-order valence-electron chi connectivity index (χ0n) is 14.3. The minimum atomic E-state index is -1.17. The van der Waals surface area contributed by atoms with Gasteiger partial charge in [-0.05, 0) is 31.4 Å². The summed E-state index contributed by atoms with van der Waals surface area (Å²) in [6.45, 7) is 6.57. The molecule has 7 heteroatoms. The van der Waals surface area contributed by atoms with E-state index in [-0.39, 0.29) is 24.2 Å². The Morgan fingerprint density at radius 1 is 1.42 bits per heavy atom. The Bertz CT molecular complexity index is 594. The maximum atomic E-state index is 12.2. The van der Waals surface area contributed by atoms with E-state index >= 15 is 0 Å². The molecule has 1 aliphatic heterocycles. The lowest BCUT2D eigenvalue weighted by Gasteiger charge is -2.32. The molecular formula is C17H24O7. The monoisotopic (exact) mass is 340 g/mol. The second-order valence-corrected chi connectivity index (χ2v) is 7.45. The van der Waals surface area contributed by atoms with Gasteiger partial charge in [0.1, 0.15) is 18.3 Å². The van der Waals surface area contributed by atoms with Crippen LogP contribution in [0.2, 0.25) is 0 Å². The van der Waals surface area contributed by atoms with Gasteiger partial charge < -0.3 is 14.6 Å². The maximum absolute atomic E-state index is 12.2. The molecule has 2 fully saturated rings. The van der Waals surface area contributed by atoms with Crippen LogP contribution in [0.3, 0.4) is 0 Å². The highest BCUT2D eigenvalue weighted by atomic mass is 17.1. The zero-order valence-corrected chi connectivity index (χ0v) is 14.3. The van der Waals surface area contributed by atoms with Crippen LogP contribution in [0.5, 0.6) is 0 Å². The standard InChI is InChI=1S/C17H24O7/c1-7-11(24-21)5-10-13(7)15-14(8(2)16(19)23-15)12(22-9(3)18)6-17(10,4)20/h8,10-12,14-15,20-21H,5-6H2,1-4H3. The van der Waals surface area contributed by atoms with E-state index in [1.54, 1.807) is 13.8 Å². The molecule has 0 aromatic heterocycles. The third-order valence-electron chi connectivity index (χ3n) is 5.85. The zero-order chi connectivity index (χ0) is 17.8. The Labute approximate surface area is 140 Å². The first-order chi connectivity index (χ1) is 11.2. The summed E-state index contributed by atoms with van der Waals surface area (Å²) < 4.78 is 11.1. The minimum absolute atomic E-state index is 0.203.